The van der Waals surface area contributed by atoms with E-state index < -0.39 is 0 Å². The Morgan fingerprint density at radius 1 is 1.35 bits per heavy atom. The zero-order valence-electron chi connectivity index (χ0n) is 11.9. The first-order chi connectivity index (χ1) is 7.78. The molecule has 17 heavy (non-hydrogen) atoms. The van der Waals surface area contributed by atoms with Gasteiger partial charge in [-0.2, -0.15) is 0 Å². The fourth-order valence-corrected chi connectivity index (χ4v) is 2.21. The predicted octanol–water partition coefficient (Wildman–Crippen LogP) is 2.00. The molecular formula is C14H26N2O. The third kappa shape index (κ3) is 5.35. The maximum atomic E-state index is 11.7. The Kier molecular flexibility index (Phi) is 4.75. The summed E-state index contributed by atoms with van der Waals surface area (Å²) in [5, 5.41) is 0. The SMILES string of the molecule is CN(C)C/C=C/C(=O)N1CC(CC(C)(C)C)C1. The summed E-state index contributed by atoms with van der Waals surface area (Å²) >= 11 is 0. The number of likely N-dealkylation sites (N-methyl/N-ethyl adjacent to an activating group) is 1. The second-order valence-electron chi connectivity index (χ2n) is 6.54. The lowest BCUT2D eigenvalue weighted by molar-refractivity contribution is -0.132. The highest BCUT2D eigenvalue weighted by atomic mass is 16.2. The molecule has 1 aliphatic rings. The normalized spacial score (nSPS) is 17.9. The molecule has 0 aromatic rings. The lowest BCUT2D eigenvalue weighted by atomic mass is 9.81. The first-order valence-corrected chi connectivity index (χ1v) is 6.38. The van der Waals surface area contributed by atoms with Crippen LogP contribution in [0.4, 0.5) is 0 Å². The van der Waals surface area contributed by atoms with E-state index in [9.17, 15) is 4.79 Å². The van der Waals surface area contributed by atoms with E-state index in [4.69, 9.17) is 0 Å². The van der Waals surface area contributed by atoms with E-state index in [0.717, 1.165) is 19.6 Å². The standard InChI is InChI=1S/C14H26N2O/c1-14(2,3)9-12-10-16(11-12)13(17)7-6-8-15(4)5/h6-7,12H,8-11H2,1-5H3/b7-6+. The van der Waals surface area contributed by atoms with Crippen LogP contribution >= 0.6 is 0 Å². The van der Waals surface area contributed by atoms with Crippen LogP contribution in [0.25, 0.3) is 0 Å². The summed E-state index contributed by atoms with van der Waals surface area (Å²) in [7, 11) is 4.00. The molecule has 1 heterocycles. The Hall–Kier alpha value is -0.830. The fraction of sp³-hybridized carbons (Fsp3) is 0.786. The molecule has 1 fully saturated rings. The number of hydrogen-bond donors (Lipinski definition) is 0. The summed E-state index contributed by atoms with van der Waals surface area (Å²) in [4.78, 5) is 15.7. The molecule has 0 spiro atoms. The van der Waals surface area contributed by atoms with Crippen LogP contribution in [0.1, 0.15) is 27.2 Å². The van der Waals surface area contributed by atoms with Crippen LogP contribution in [-0.2, 0) is 4.79 Å². The number of rotatable bonds is 4. The van der Waals surface area contributed by atoms with Crippen molar-refractivity contribution in [1.82, 2.24) is 9.80 Å². The van der Waals surface area contributed by atoms with Crippen molar-refractivity contribution in [3.63, 3.8) is 0 Å². The van der Waals surface area contributed by atoms with E-state index in [-0.39, 0.29) is 5.91 Å². The Balaban J connectivity index is 2.23. The second kappa shape index (κ2) is 5.67. The monoisotopic (exact) mass is 238 g/mol. The summed E-state index contributed by atoms with van der Waals surface area (Å²) in [5.41, 5.74) is 0.376. The molecule has 1 amide bonds. The highest BCUT2D eigenvalue weighted by Crippen LogP contribution is 2.30. The minimum atomic E-state index is 0.164. The Morgan fingerprint density at radius 2 is 1.94 bits per heavy atom. The Morgan fingerprint density at radius 3 is 2.41 bits per heavy atom. The molecule has 0 atom stereocenters. The zero-order valence-corrected chi connectivity index (χ0v) is 11.9. The van der Waals surface area contributed by atoms with E-state index in [2.05, 4.69) is 20.8 Å². The number of likely N-dealkylation sites (tertiary alicyclic amines) is 1. The van der Waals surface area contributed by atoms with Gasteiger partial charge in [0.25, 0.3) is 0 Å². The first-order valence-electron chi connectivity index (χ1n) is 6.38. The molecule has 0 aromatic carbocycles. The minimum Gasteiger partial charge on any atom is -0.338 e. The molecule has 0 aromatic heterocycles. The summed E-state index contributed by atoms with van der Waals surface area (Å²) in [6.45, 7) is 9.47. The predicted molar refractivity (Wildman–Crippen MR) is 71.8 cm³/mol. The molecule has 0 saturated carbocycles. The van der Waals surface area contributed by atoms with Gasteiger partial charge in [-0.3, -0.25) is 4.79 Å². The summed E-state index contributed by atoms with van der Waals surface area (Å²) in [6, 6.07) is 0. The van der Waals surface area contributed by atoms with Crippen molar-refractivity contribution in [2.75, 3.05) is 33.7 Å². The van der Waals surface area contributed by atoms with Gasteiger partial charge in [0.1, 0.15) is 0 Å². The van der Waals surface area contributed by atoms with Crippen LogP contribution in [0.2, 0.25) is 0 Å². The van der Waals surface area contributed by atoms with Gasteiger partial charge in [0.2, 0.25) is 5.91 Å². The first kappa shape index (κ1) is 14.2. The lowest BCUT2D eigenvalue weighted by Gasteiger charge is -2.41. The maximum Gasteiger partial charge on any atom is 0.246 e. The molecule has 1 rings (SSSR count). The minimum absolute atomic E-state index is 0.164. The molecule has 98 valence electrons. The van der Waals surface area contributed by atoms with Gasteiger partial charge >= 0.3 is 0 Å². The molecule has 0 N–H and O–H groups in total. The average Bonchev–Trinajstić information content (AvgIpc) is 2.08. The molecule has 0 aliphatic carbocycles. The number of hydrogen-bond acceptors (Lipinski definition) is 2. The highest BCUT2D eigenvalue weighted by Gasteiger charge is 2.32. The molecule has 3 nitrogen and oxygen atoms in total. The smallest absolute Gasteiger partial charge is 0.246 e. The van der Waals surface area contributed by atoms with E-state index >= 15 is 0 Å². The molecule has 0 unspecified atom stereocenters. The lowest BCUT2D eigenvalue weighted by Crippen LogP contribution is -2.50. The Labute approximate surface area is 105 Å². The van der Waals surface area contributed by atoms with Crippen LogP contribution in [-0.4, -0.2) is 49.4 Å². The third-order valence-electron chi connectivity index (χ3n) is 2.90. The number of nitrogens with zero attached hydrogens (tertiary/aromatic N) is 2. The molecule has 1 aliphatic heterocycles. The van der Waals surface area contributed by atoms with Crippen molar-refractivity contribution >= 4 is 5.91 Å². The van der Waals surface area contributed by atoms with E-state index in [1.54, 1.807) is 6.08 Å². The van der Waals surface area contributed by atoms with Crippen LogP contribution < -0.4 is 0 Å². The van der Waals surface area contributed by atoms with Crippen molar-refractivity contribution in [2.45, 2.75) is 27.2 Å². The van der Waals surface area contributed by atoms with Crippen LogP contribution in [0.15, 0.2) is 12.2 Å². The largest absolute Gasteiger partial charge is 0.338 e. The number of carbonyl (C=O) groups excluding carboxylic acids is 1. The van der Waals surface area contributed by atoms with Crippen LogP contribution in [0, 0.1) is 11.3 Å². The topological polar surface area (TPSA) is 23.6 Å². The van der Waals surface area contributed by atoms with Crippen LogP contribution in [0.5, 0.6) is 0 Å². The zero-order chi connectivity index (χ0) is 13.1. The number of amides is 1. The molecular weight excluding hydrogens is 212 g/mol. The number of carbonyl (C=O) groups is 1. The summed E-state index contributed by atoms with van der Waals surface area (Å²) in [6.07, 6.45) is 4.84. The highest BCUT2D eigenvalue weighted by molar-refractivity contribution is 5.88. The van der Waals surface area contributed by atoms with Crippen molar-refractivity contribution in [2.24, 2.45) is 11.3 Å². The van der Waals surface area contributed by atoms with Gasteiger partial charge in [0, 0.05) is 25.7 Å². The van der Waals surface area contributed by atoms with Gasteiger partial charge in [-0.25, -0.2) is 0 Å². The van der Waals surface area contributed by atoms with Gasteiger partial charge < -0.3 is 9.80 Å². The van der Waals surface area contributed by atoms with Crippen molar-refractivity contribution < 1.29 is 4.79 Å². The van der Waals surface area contributed by atoms with Gasteiger partial charge in [-0.15, -0.1) is 0 Å². The molecule has 0 radical (unpaired) electrons. The van der Waals surface area contributed by atoms with Crippen molar-refractivity contribution in [1.29, 1.82) is 0 Å². The Bertz CT molecular complexity index is 283. The second-order valence-corrected chi connectivity index (χ2v) is 6.54. The van der Waals surface area contributed by atoms with E-state index in [0.29, 0.717) is 11.3 Å². The van der Waals surface area contributed by atoms with Crippen molar-refractivity contribution in [3.05, 3.63) is 12.2 Å². The summed E-state index contributed by atoms with van der Waals surface area (Å²) < 4.78 is 0. The fourth-order valence-electron chi connectivity index (χ4n) is 2.21. The molecule has 0 bridgehead atoms. The molecule has 3 heteroatoms. The third-order valence-corrected chi connectivity index (χ3v) is 2.90. The van der Waals surface area contributed by atoms with Gasteiger partial charge in [0.05, 0.1) is 0 Å². The maximum absolute atomic E-state index is 11.7. The van der Waals surface area contributed by atoms with E-state index in [1.807, 2.05) is 30.0 Å². The summed E-state index contributed by atoms with van der Waals surface area (Å²) in [5.74, 6) is 0.859. The van der Waals surface area contributed by atoms with Gasteiger partial charge in [-0.1, -0.05) is 26.8 Å². The van der Waals surface area contributed by atoms with E-state index in [1.165, 1.54) is 6.42 Å². The average molecular weight is 238 g/mol. The molecule has 1 saturated heterocycles. The van der Waals surface area contributed by atoms with Gasteiger partial charge in [-0.05, 0) is 31.8 Å². The van der Waals surface area contributed by atoms with Crippen molar-refractivity contribution in [3.8, 4) is 0 Å². The van der Waals surface area contributed by atoms with Gasteiger partial charge in [0.15, 0.2) is 0 Å². The van der Waals surface area contributed by atoms with Crippen LogP contribution in [0.3, 0.4) is 0 Å². The quantitative estimate of drug-likeness (QED) is 0.699.